The van der Waals surface area contributed by atoms with Gasteiger partial charge in [0.25, 0.3) is 5.91 Å². The summed E-state index contributed by atoms with van der Waals surface area (Å²) >= 11 is 1.03. The average molecular weight is 520 g/mol. The van der Waals surface area contributed by atoms with Crippen LogP contribution in [0.1, 0.15) is 58.6 Å². The Morgan fingerprint density at radius 1 is 1.00 bits per heavy atom. The summed E-state index contributed by atoms with van der Waals surface area (Å²) in [5, 5.41) is 12.3. The molecule has 0 atom stereocenters. The molecule has 36 heavy (non-hydrogen) atoms. The van der Waals surface area contributed by atoms with Crippen molar-refractivity contribution in [2.75, 3.05) is 6.54 Å². The van der Waals surface area contributed by atoms with Crippen molar-refractivity contribution in [3.8, 4) is 5.75 Å². The van der Waals surface area contributed by atoms with Gasteiger partial charge in [0.15, 0.2) is 17.3 Å². The van der Waals surface area contributed by atoms with Crippen LogP contribution in [0.2, 0.25) is 0 Å². The number of benzene rings is 2. The average Bonchev–Trinajstić information content (AvgIpc) is 3.30. The maximum Gasteiger partial charge on any atom is 0.306 e. The summed E-state index contributed by atoms with van der Waals surface area (Å²) in [7, 11) is 0. The van der Waals surface area contributed by atoms with Gasteiger partial charge in [-0.2, -0.15) is 0 Å². The molecular weight excluding hydrogens is 495 g/mol. The van der Waals surface area contributed by atoms with Crippen molar-refractivity contribution in [2.45, 2.75) is 44.6 Å². The van der Waals surface area contributed by atoms with E-state index in [4.69, 9.17) is 9.84 Å². The molecule has 10 heteroatoms. The zero-order chi connectivity index (χ0) is 25.8. The molecule has 0 spiro atoms. The van der Waals surface area contributed by atoms with Gasteiger partial charge >= 0.3 is 5.97 Å². The first-order valence-corrected chi connectivity index (χ1v) is 12.4. The van der Waals surface area contributed by atoms with E-state index in [-0.39, 0.29) is 25.1 Å². The second-order valence-corrected chi connectivity index (χ2v) is 9.80. The number of hydrogen-bond donors (Lipinski definition) is 2. The lowest BCUT2D eigenvalue weighted by atomic mass is 9.87. The van der Waals surface area contributed by atoms with Crippen molar-refractivity contribution < 1.29 is 37.4 Å². The normalized spacial score (nSPS) is 17.6. The standard InChI is InChI=1S/C26H24F3NO5S/c27-18-4-1-3-15-11-23(36-24(15)18)25(32)30-10-2-5-21(31)17-12-20(29)22(13-19(17)28)35-16-8-6-14(7-9-16)26(33)34/h1,3-4,11-14,16H,2,5-10H2,(H,30,32)(H,33,34). The Bertz CT molecular complexity index is 1300. The third-order valence-corrected chi connectivity index (χ3v) is 7.38. The van der Waals surface area contributed by atoms with Crippen molar-refractivity contribution >= 4 is 39.1 Å². The van der Waals surface area contributed by atoms with Crippen molar-refractivity contribution in [3.63, 3.8) is 0 Å². The number of carboxylic acid groups (broad SMARTS) is 1. The third-order valence-electron chi connectivity index (χ3n) is 6.23. The van der Waals surface area contributed by atoms with Crippen LogP contribution in [0.15, 0.2) is 36.4 Å². The summed E-state index contributed by atoms with van der Waals surface area (Å²) in [4.78, 5) is 36.1. The molecule has 4 rings (SSSR count). The van der Waals surface area contributed by atoms with E-state index >= 15 is 0 Å². The Morgan fingerprint density at radius 3 is 2.44 bits per heavy atom. The molecule has 2 aromatic carbocycles. The fraction of sp³-hybridized carbons (Fsp3) is 0.346. The number of carbonyl (C=O) groups is 3. The highest BCUT2D eigenvalue weighted by Gasteiger charge is 2.28. The van der Waals surface area contributed by atoms with Crippen LogP contribution in [0.3, 0.4) is 0 Å². The lowest BCUT2D eigenvalue weighted by Gasteiger charge is -2.27. The van der Waals surface area contributed by atoms with E-state index < -0.39 is 52.7 Å². The highest BCUT2D eigenvalue weighted by atomic mass is 32.1. The molecule has 6 nitrogen and oxygen atoms in total. The van der Waals surface area contributed by atoms with Crippen molar-refractivity contribution in [2.24, 2.45) is 5.92 Å². The van der Waals surface area contributed by atoms with E-state index in [1.807, 2.05) is 0 Å². The number of aliphatic carboxylic acids is 1. The minimum atomic E-state index is -0.910. The minimum absolute atomic E-state index is 0.114. The van der Waals surface area contributed by atoms with Gasteiger partial charge in [-0.15, -0.1) is 11.3 Å². The molecule has 1 aliphatic rings. The van der Waals surface area contributed by atoms with E-state index in [0.717, 1.165) is 23.5 Å². The molecule has 1 saturated carbocycles. The predicted octanol–water partition coefficient (Wildman–Crippen LogP) is 5.73. The molecule has 190 valence electrons. The van der Waals surface area contributed by atoms with Gasteiger partial charge in [-0.3, -0.25) is 14.4 Å². The monoisotopic (exact) mass is 519 g/mol. The van der Waals surface area contributed by atoms with E-state index in [1.165, 1.54) is 6.07 Å². The molecule has 1 amide bonds. The van der Waals surface area contributed by atoms with Crippen LogP contribution >= 0.6 is 11.3 Å². The van der Waals surface area contributed by atoms with Gasteiger partial charge in [0.1, 0.15) is 11.6 Å². The van der Waals surface area contributed by atoms with Crippen LogP contribution in [-0.4, -0.2) is 35.4 Å². The van der Waals surface area contributed by atoms with Gasteiger partial charge in [-0.1, -0.05) is 12.1 Å². The molecule has 1 fully saturated rings. The first-order valence-electron chi connectivity index (χ1n) is 11.6. The van der Waals surface area contributed by atoms with Gasteiger partial charge in [0, 0.05) is 19.0 Å². The third kappa shape index (κ3) is 5.87. The molecule has 0 radical (unpaired) electrons. The fourth-order valence-corrected chi connectivity index (χ4v) is 5.23. The second-order valence-electron chi connectivity index (χ2n) is 8.74. The summed E-state index contributed by atoms with van der Waals surface area (Å²) in [6.45, 7) is 0.131. The fourth-order valence-electron chi connectivity index (χ4n) is 4.25. The number of thiophene rings is 1. The van der Waals surface area contributed by atoms with Crippen molar-refractivity contribution in [1.29, 1.82) is 0 Å². The SMILES string of the molecule is O=C(NCCCC(=O)c1cc(F)c(OC2CCC(C(=O)O)CC2)cc1F)c1cc2cccc(F)c2s1. The number of hydrogen-bond acceptors (Lipinski definition) is 5. The van der Waals surface area contributed by atoms with Crippen molar-refractivity contribution in [1.82, 2.24) is 5.32 Å². The van der Waals surface area contributed by atoms with Crippen LogP contribution in [-0.2, 0) is 4.79 Å². The topological polar surface area (TPSA) is 92.7 Å². The summed E-state index contributed by atoms with van der Waals surface area (Å²) in [5.74, 6) is -4.84. The van der Waals surface area contributed by atoms with Crippen LogP contribution in [0.4, 0.5) is 13.2 Å². The highest BCUT2D eigenvalue weighted by molar-refractivity contribution is 7.20. The lowest BCUT2D eigenvalue weighted by Crippen LogP contribution is -2.28. The van der Waals surface area contributed by atoms with Gasteiger partial charge in [0.05, 0.1) is 27.2 Å². The first-order chi connectivity index (χ1) is 17.2. The van der Waals surface area contributed by atoms with Gasteiger partial charge < -0.3 is 15.2 Å². The largest absolute Gasteiger partial charge is 0.487 e. The van der Waals surface area contributed by atoms with E-state index in [0.29, 0.717) is 40.6 Å². The summed E-state index contributed by atoms with van der Waals surface area (Å²) in [5.41, 5.74) is -0.402. The molecule has 3 aromatic rings. The molecule has 1 heterocycles. The summed E-state index contributed by atoms with van der Waals surface area (Å²) in [6.07, 6.45) is 1.31. The minimum Gasteiger partial charge on any atom is -0.487 e. The molecule has 1 aromatic heterocycles. The van der Waals surface area contributed by atoms with Crippen LogP contribution in [0, 0.1) is 23.4 Å². The molecule has 0 bridgehead atoms. The molecule has 0 unspecified atom stereocenters. The number of Topliss-reactive ketones (excluding diaryl/α,β-unsaturated/α-hetero) is 1. The van der Waals surface area contributed by atoms with Gasteiger partial charge in [-0.25, -0.2) is 13.2 Å². The maximum absolute atomic E-state index is 14.6. The van der Waals surface area contributed by atoms with E-state index in [1.54, 1.807) is 18.2 Å². The Balaban J connectivity index is 1.27. The zero-order valence-corrected chi connectivity index (χ0v) is 20.0. The molecule has 0 aliphatic heterocycles. The molecule has 2 N–H and O–H groups in total. The van der Waals surface area contributed by atoms with Crippen LogP contribution < -0.4 is 10.1 Å². The number of ketones is 1. The molecular formula is C26H24F3NO5S. The number of halogens is 3. The Kier molecular flexibility index (Phi) is 7.93. The molecule has 0 saturated heterocycles. The van der Waals surface area contributed by atoms with E-state index in [2.05, 4.69) is 5.32 Å². The Labute approximate surface area is 209 Å². The van der Waals surface area contributed by atoms with Crippen molar-refractivity contribution in [3.05, 3.63) is 64.3 Å². The quantitative estimate of drug-likeness (QED) is 0.278. The van der Waals surface area contributed by atoms with E-state index in [9.17, 15) is 27.6 Å². The number of fused-ring (bicyclic) bond motifs is 1. The highest BCUT2D eigenvalue weighted by Crippen LogP contribution is 2.31. The smallest absolute Gasteiger partial charge is 0.306 e. The predicted molar refractivity (Wildman–Crippen MR) is 128 cm³/mol. The number of amides is 1. The number of carbonyl (C=O) groups excluding carboxylic acids is 2. The second kappa shape index (κ2) is 11.1. The zero-order valence-electron chi connectivity index (χ0n) is 19.2. The number of ether oxygens (including phenoxy) is 1. The van der Waals surface area contributed by atoms with Gasteiger partial charge in [-0.05, 0) is 55.7 Å². The number of rotatable bonds is 9. The van der Waals surface area contributed by atoms with Crippen LogP contribution in [0.5, 0.6) is 5.75 Å². The Hall–Kier alpha value is -3.40. The summed E-state index contributed by atoms with van der Waals surface area (Å²) < 4.78 is 48.8. The number of carboxylic acids is 1. The lowest BCUT2D eigenvalue weighted by molar-refractivity contribution is -0.143. The maximum atomic E-state index is 14.6. The molecule has 1 aliphatic carbocycles. The van der Waals surface area contributed by atoms with Crippen LogP contribution in [0.25, 0.3) is 10.1 Å². The van der Waals surface area contributed by atoms with Gasteiger partial charge in [0.2, 0.25) is 0 Å². The first kappa shape index (κ1) is 25.7. The Morgan fingerprint density at radius 2 is 1.75 bits per heavy atom. The summed E-state index contributed by atoms with van der Waals surface area (Å²) in [6, 6.07) is 7.82. The number of nitrogens with one attached hydrogen (secondary N) is 1.